The Hall–Kier alpha value is -3.24. The van der Waals surface area contributed by atoms with Crippen LogP contribution in [-0.2, 0) is 0 Å². The Morgan fingerprint density at radius 2 is 1.81 bits per heavy atom. The van der Waals surface area contributed by atoms with Crippen LogP contribution in [0.1, 0.15) is 15.9 Å². The molecule has 0 aliphatic rings. The maximum atomic E-state index is 12.4. The number of esters is 1. The van der Waals surface area contributed by atoms with Crippen molar-refractivity contribution in [2.45, 2.75) is 0 Å². The van der Waals surface area contributed by atoms with Gasteiger partial charge in [0.25, 0.3) is 0 Å². The monoisotopic (exact) mass is 555 g/mol. The van der Waals surface area contributed by atoms with Crippen LogP contribution in [0.15, 0.2) is 83.3 Å². The number of methoxy groups -OCH3 is 1. The third kappa shape index (κ3) is 5.32. The molecule has 0 saturated heterocycles. The summed E-state index contributed by atoms with van der Waals surface area (Å²) in [5.74, 6) is 0.380. The van der Waals surface area contributed by atoms with Gasteiger partial charge in [0.15, 0.2) is 11.5 Å². The lowest BCUT2D eigenvalue weighted by molar-refractivity contribution is 0.0728. The second-order valence-electron chi connectivity index (χ2n) is 6.56. The molecule has 4 aromatic rings. The quantitative estimate of drug-likeness (QED) is 0.0983. The van der Waals surface area contributed by atoms with E-state index in [0.717, 1.165) is 20.4 Å². The van der Waals surface area contributed by atoms with Crippen molar-refractivity contribution in [3.8, 4) is 22.8 Å². The van der Waals surface area contributed by atoms with Gasteiger partial charge in [-0.1, -0.05) is 48.5 Å². The van der Waals surface area contributed by atoms with Crippen LogP contribution in [0.4, 0.5) is 5.13 Å². The molecule has 1 aromatic heterocycles. The summed E-state index contributed by atoms with van der Waals surface area (Å²) in [7, 11) is 1.53. The summed E-state index contributed by atoms with van der Waals surface area (Å²) in [5.41, 5.74) is 6.17. The lowest BCUT2D eigenvalue weighted by atomic mass is 10.2. The van der Waals surface area contributed by atoms with Crippen molar-refractivity contribution in [3.63, 3.8) is 0 Å². The summed E-state index contributed by atoms with van der Waals surface area (Å²) in [6.45, 7) is 0. The summed E-state index contributed by atoms with van der Waals surface area (Å²) in [6.07, 6.45) is 1.66. The Balaban J connectivity index is 1.46. The number of hydrogen-bond donors (Lipinski definition) is 1. The second-order valence-corrected chi connectivity index (χ2v) is 8.58. The van der Waals surface area contributed by atoms with Gasteiger partial charge in [-0.15, -0.1) is 11.3 Å². The van der Waals surface area contributed by atoms with E-state index in [9.17, 15) is 4.79 Å². The number of carbonyl (C=O) groups is 1. The van der Waals surface area contributed by atoms with Gasteiger partial charge in [-0.3, -0.25) is 5.43 Å². The average molecular weight is 555 g/mol. The van der Waals surface area contributed by atoms with Gasteiger partial charge >= 0.3 is 5.97 Å². The van der Waals surface area contributed by atoms with E-state index in [1.165, 1.54) is 18.4 Å². The van der Waals surface area contributed by atoms with E-state index < -0.39 is 5.97 Å². The molecule has 0 amide bonds. The van der Waals surface area contributed by atoms with Crippen LogP contribution in [0, 0.1) is 3.57 Å². The number of ether oxygens (including phenoxy) is 2. The van der Waals surface area contributed by atoms with Crippen molar-refractivity contribution in [1.82, 2.24) is 4.98 Å². The summed E-state index contributed by atoms with van der Waals surface area (Å²) in [4.78, 5) is 17.0. The zero-order valence-corrected chi connectivity index (χ0v) is 20.0. The number of benzene rings is 3. The predicted molar refractivity (Wildman–Crippen MR) is 136 cm³/mol. The molecule has 6 nitrogen and oxygen atoms in total. The number of halogens is 1. The summed E-state index contributed by atoms with van der Waals surface area (Å²) in [5, 5.41) is 6.95. The fourth-order valence-electron chi connectivity index (χ4n) is 2.87. The van der Waals surface area contributed by atoms with Crippen molar-refractivity contribution in [2.75, 3.05) is 12.5 Å². The SMILES string of the molecule is COc1cc(C=NNc2nc(-c3ccccc3)cs2)cc(I)c1OC(=O)c1ccccc1. The third-order valence-electron chi connectivity index (χ3n) is 4.40. The lowest BCUT2D eigenvalue weighted by Crippen LogP contribution is -2.10. The highest BCUT2D eigenvalue weighted by Gasteiger charge is 2.16. The van der Waals surface area contributed by atoms with Crippen molar-refractivity contribution in [1.29, 1.82) is 0 Å². The Kier molecular flexibility index (Phi) is 7.13. The third-order valence-corrected chi connectivity index (χ3v) is 5.95. The molecule has 4 rings (SSSR count). The minimum absolute atomic E-state index is 0.375. The predicted octanol–water partition coefficient (Wildman–Crippen LogP) is 6.09. The van der Waals surface area contributed by atoms with E-state index >= 15 is 0 Å². The van der Waals surface area contributed by atoms with E-state index in [1.54, 1.807) is 36.5 Å². The molecule has 1 N–H and O–H groups in total. The number of nitrogens with one attached hydrogen (secondary N) is 1. The maximum absolute atomic E-state index is 12.4. The van der Waals surface area contributed by atoms with Crippen molar-refractivity contribution in [2.24, 2.45) is 5.10 Å². The number of hydrazone groups is 1. The van der Waals surface area contributed by atoms with Gasteiger partial charge in [0, 0.05) is 10.9 Å². The van der Waals surface area contributed by atoms with Crippen LogP contribution >= 0.6 is 33.9 Å². The Morgan fingerprint density at radius 3 is 2.53 bits per heavy atom. The second kappa shape index (κ2) is 10.4. The molecule has 1 heterocycles. The highest BCUT2D eigenvalue weighted by molar-refractivity contribution is 14.1. The fourth-order valence-corrected chi connectivity index (χ4v) is 4.27. The van der Waals surface area contributed by atoms with Crippen LogP contribution in [-0.4, -0.2) is 24.3 Å². The van der Waals surface area contributed by atoms with E-state index in [0.29, 0.717) is 22.2 Å². The molecular formula is C24H18IN3O3S. The average Bonchev–Trinajstić information content (AvgIpc) is 3.30. The van der Waals surface area contributed by atoms with E-state index in [-0.39, 0.29) is 0 Å². The minimum atomic E-state index is -0.442. The number of anilines is 1. The molecule has 0 atom stereocenters. The Bertz CT molecular complexity index is 1240. The molecule has 160 valence electrons. The minimum Gasteiger partial charge on any atom is -0.493 e. The lowest BCUT2D eigenvalue weighted by Gasteiger charge is -2.12. The molecule has 0 spiro atoms. The Morgan fingerprint density at radius 1 is 1.09 bits per heavy atom. The molecule has 0 saturated carbocycles. The highest BCUT2D eigenvalue weighted by Crippen LogP contribution is 2.34. The first-order chi connectivity index (χ1) is 15.6. The van der Waals surface area contributed by atoms with E-state index in [1.807, 2.05) is 47.8 Å². The van der Waals surface area contributed by atoms with Gasteiger partial charge in [0.1, 0.15) is 0 Å². The zero-order chi connectivity index (χ0) is 22.3. The number of aromatic nitrogens is 1. The zero-order valence-electron chi connectivity index (χ0n) is 17.0. The van der Waals surface area contributed by atoms with Gasteiger partial charge in [-0.05, 0) is 52.4 Å². The first kappa shape index (κ1) is 22.0. The number of hydrogen-bond acceptors (Lipinski definition) is 7. The molecule has 32 heavy (non-hydrogen) atoms. The number of thiazole rings is 1. The molecule has 0 aliphatic heterocycles. The van der Waals surface area contributed by atoms with Crippen LogP contribution in [0.2, 0.25) is 0 Å². The molecule has 0 unspecified atom stereocenters. The van der Waals surface area contributed by atoms with Crippen molar-refractivity contribution in [3.05, 3.63) is 92.9 Å². The van der Waals surface area contributed by atoms with Crippen molar-refractivity contribution >= 4 is 51.2 Å². The maximum Gasteiger partial charge on any atom is 0.343 e. The smallest absolute Gasteiger partial charge is 0.343 e. The molecule has 8 heteroatoms. The standard InChI is InChI=1S/C24H18IN3O3S/c1-30-21-13-16(12-19(25)22(21)31-23(29)18-10-6-3-7-11-18)14-26-28-24-27-20(15-32-24)17-8-4-2-5-9-17/h2-15H,1H3,(H,27,28). The summed E-state index contributed by atoms with van der Waals surface area (Å²) >= 11 is 3.59. The molecule has 0 radical (unpaired) electrons. The van der Waals surface area contributed by atoms with Gasteiger partial charge in [0.2, 0.25) is 5.13 Å². The van der Waals surface area contributed by atoms with Gasteiger partial charge < -0.3 is 9.47 Å². The van der Waals surface area contributed by atoms with Gasteiger partial charge in [0.05, 0.1) is 28.2 Å². The summed E-state index contributed by atoms with van der Waals surface area (Å²) < 4.78 is 11.8. The van der Waals surface area contributed by atoms with Crippen molar-refractivity contribution < 1.29 is 14.3 Å². The first-order valence-corrected chi connectivity index (χ1v) is 11.5. The topological polar surface area (TPSA) is 72.8 Å². The summed E-state index contributed by atoms with van der Waals surface area (Å²) in [6, 6.07) is 22.4. The normalized spacial score (nSPS) is 10.8. The van der Waals surface area contributed by atoms with Crippen LogP contribution in [0.25, 0.3) is 11.3 Å². The van der Waals surface area contributed by atoms with Crippen LogP contribution in [0.3, 0.4) is 0 Å². The van der Waals surface area contributed by atoms with Gasteiger partial charge in [-0.25, -0.2) is 9.78 Å². The molecule has 0 bridgehead atoms. The van der Waals surface area contributed by atoms with Crippen LogP contribution < -0.4 is 14.9 Å². The fraction of sp³-hybridized carbons (Fsp3) is 0.0417. The number of rotatable bonds is 7. The van der Waals surface area contributed by atoms with Gasteiger partial charge in [-0.2, -0.15) is 5.10 Å². The largest absolute Gasteiger partial charge is 0.493 e. The first-order valence-electron chi connectivity index (χ1n) is 9.59. The molecule has 0 aliphatic carbocycles. The molecule has 0 fully saturated rings. The van der Waals surface area contributed by atoms with E-state index in [4.69, 9.17) is 9.47 Å². The van der Waals surface area contributed by atoms with E-state index in [2.05, 4.69) is 38.1 Å². The Labute approximate surface area is 203 Å². The molecule has 3 aromatic carbocycles. The number of nitrogens with zero attached hydrogens (tertiary/aromatic N) is 2. The molecular weight excluding hydrogens is 537 g/mol. The van der Waals surface area contributed by atoms with Crippen LogP contribution in [0.5, 0.6) is 11.5 Å². The number of carbonyl (C=O) groups excluding carboxylic acids is 1. The highest BCUT2D eigenvalue weighted by atomic mass is 127.